The Kier molecular flexibility index (Phi) is 6.77. The standard InChI is InChI=1S/C32H31FN2O/c1-22-12-14-27-20-35(24(3)34-31(27)18-22)32-19-28(36-21-29-23(2)8-7-11-30(29)33)17-16-26(32)15-13-25-9-5-4-6-10-25/h4-12,14,16-19,34H,3,13,15,20-21H2,1-2H3. The number of benzene rings is 4. The molecule has 182 valence electrons. The highest BCUT2D eigenvalue weighted by atomic mass is 19.1. The summed E-state index contributed by atoms with van der Waals surface area (Å²) < 4.78 is 20.5. The van der Waals surface area contributed by atoms with E-state index in [0.29, 0.717) is 11.3 Å². The van der Waals surface area contributed by atoms with Crippen LogP contribution in [0.25, 0.3) is 0 Å². The summed E-state index contributed by atoms with van der Waals surface area (Å²) in [7, 11) is 0. The minimum absolute atomic E-state index is 0.183. The normalized spacial score (nSPS) is 12.8. The van der Waals surface area contributed by atoms with Crippen molar-refractivity contribution in [2.75, 3.05) is 10.2 Å². The number of ether oxygens (including phenoxy) is 1. The zero-order valence-electron chi connectivity index (χ0n) is 20.9. The molecule has 1 aliphatic heterocycles. The van der Waals surface area contributed by atoms with Crippen LogP contribution in [0.5, 0.6) is 5.75 Å². The summed E-state index contributed by atoms with van der Waals surface area (Å²) in [6.45, 7) is 9.23. The molecular weight excluding hydrogens is 447 g/mol. The molecule has 4 heteroatoms. The first kappa shape index (κ1) is 23.7. The predicted octanol–water partition coefficient (Wildman–Crippen LogP) is 7.71. The summed E-state index contributed by atoms with van der Waals surface area (Å²) in [5, 5.41) is 3.48. The molecule has 1 heterocycles. The van der Waals surface area contributed by atoms with Gasteiger partial charge in [-0.25, -0.2) is 4.39 Å². The Morgan fingerprint density at radius 2 is 1.75 bits per heavy atom. The largest absolute Gasteiger partial charge is 0.489 e. The zero-order valence-corrected chi connectivity index (χ0v) is 20.9. The molecule has 0 aliphatic carbocycles. The summed E-state index contributed by atoms with van der Waals surface area (Å²) in [5.74, 6) is 1.30. The number of nitrogens with zero attached hydrogens (tertiary/aromatic N) is 1. The predicted molar refractivity (Wildman–Crippen MR) is 146 cm³/mol. The fraction of sp³-hybridized carbons (Fsp3) is 0.188. The fourth-order valence-corrected chi connectivity index (χ4v) is 4.69. The lowest BCUT2D eigenvalue weighted by Gasteiger charge is -2.35. The smallest absolute Gasteiger partial charge is 0.130 e. The second kappa shape index (κ2) is 10.3. The molecule has 0 saturated heterocycles. The first-order valence-corrected chi connectivity index (χ1v) is 12.3. The summed E-state index contributed by atoms with van der Waals surface area (Å²) in [6, 6.07) is 28.3. The Morgan fingerprint density at radius 3 is 2.56 bits per heavy atom. The van der Waals surface area contributed by atoms with E-state index in [1.54, 1.807) is 6.07 Å². The van der Waals surface area contributed by atoms with Gasteiger partial charge in [0, 0.05) is 23.0 Å². The van der Waals surface area contributed by atoms with Crippen LogP contribution < -0.4 is 15.0 Å². The van der Waals surface area contributed by atoms with Gasteiger partial charge in [-0.05, 0) is 72.7 Å². The third-order valence-electron chi connectivity index (χ3n) is 6.81. The molecule has 0 radical (unpaired) electrons. The molecule has 0 saturated carbocycles. The second-order valence-electron chi connectivity index (χ2n) is 9.42. The van der Waals surface area contributed by atoms with Crippen LogP contribution in [0.3, 0.4) is 0 Å². The Morgan fingerprint density at radius 1 is 0.917 bits per heavy atom. The molecule has 36 heavy (non-hydrogen) atoms. The van der Waals surface area contributed by atoms with Crippen LogP contribution in [-0.4, -0.2) is 0 Å². The van der Waals surface area contributed by atoms with E-state index in [2.05, 4.69) is 78.3 Å². The highest BCUT2D eigenvalue weighted by molar-refractivity contribution is 5.69. The third kappa shape index (κ3) is 5.13. The Bertz CT molecular complexity index is 1380. The second-order valence-corrected chi connectivity index (χ2v) is 9.42. The average molecular weight is 479 g/mol. The molecule has 0 unspecified atom stereocenters. The highest BCUT2D eigenvalue weighted by Gasteiger charge is 2.22. The molecule has 0 fully saturated rings. The minimum atomic E-state index is -0.241. The lowest BCUT2D eigenvalue weighted by molar-refractivity contribution is 0.299. The van der Waals surface area contributed by atoms with Gasteiger partial charge in [-0.1, -0.05) is 67.2 Å². The van der Waals surface area contributed by atoms with Gasteiger partial charge in [-0.15, -0.1) is 0 Å². The van der Waals surface area contributed by atoms with E-state index >= 15 is 0 Å². The van der Waals surface area contributed by atoms with E-state index in [9.17, 15) is 4.39 Å². The van der Waals surface area contributed by atoms with Crippen molar-refractivity contribution >= 4 is 11.4 Å². The molecule has 1 N–H and O–H groups in total. The minimum Gasteiger partial charge on any atom is -0.489 e. The van der Waals surface area contributed by atoms with Crippen molar-refractivity contribution in [1.82, 2.24) is 0 Å². The van der Waals surface area contributed by atoms with Crippen LogP contribution in [0.2, 0.25) is 0 Å². The Balaban J connectivity index is 1.45. The first-order chi connectivity index (χ1) is 17.5. The molecule has 0 aromatic heterocycles. The van der Waals surface area contributed by atoms with Gasteiger partial charge in [0.1, 0.15) is 24.0 Å². The van der Waals surface area contributed by atoms with Gasteiger partial charge >= 0.3 is 0 Å². The summed E-state index contributed by atoms with van der Waals surface area (Å²) in [5.41, 5.74) is 8.57. The van der Waals surface area contributed by atoms with E-state index in [1.165, 1.54) is 28.3 Å². The summed E-state index contributed by atoms with van der Waals surface area (Å²) >= 11 is 0. The van der Waals surface area contributed by atoms with Crippen molar-refractivity contribution < 1.29 is 9.13 Å². The van der Waals surface area contributed by atoms with Gasteiger partial charge in [-0.2, -0.15) is 0 Å². The van der Waals surface area contributed by atoms with Crippen molar-refractivity contribution in [2.24, 2.45) is 0 Å². The maximum atomic E-state index is 14.4. The number of anilines is 2. The number of aryl methyl sites for hydroxylation is 4. The molecule has 0 amide bonds. The Labute approximate surface area is 212 Å². The van der Waals surface area contributed by atoms with Crippen molar-refractivity contribution in [2.45, 2.75) is 39.8 Å². The lowest BCUT2D eigenvalue weighted by Crippen LogP contribution is -2.31. The molecule has 0 spiro atoms. The van der Waals surface area contributed by atoms with Gasteiger partial charge in [0.15, 0.2) is 0 Å². The van der Waals surface area contributed by atoms with E-state index in [0.717, 1.165) is 42.1 Å². The van der Waals surface area contributed by atoms with Crippen molar-refractivity contribution in [3.63, 3.8) is 0 Å². The van der Waals surface area contributed by atoms with E-state index in [-0.39, 0.29) is 12.4 Å². The van der Waals surface area contributed by atoms with Crippen molar-refractivity contribution in [1.29, 1.82) is 0 Å². The molecule has 0 atom stereocenters. The number of nitrogens with one attached hydrogen (secondary N) is 1. The molecule has 3 nitrogen and oxygen atoms in total. The molecule has 4 aromatic rings. The SMILES string of the molecule is C=C1Nc2cc(C)ccc2CN1c1cc(OCc2c(C)cccc2F)ccc1CCc1ccccc1. The number of rotatable bonds is 7. The molecule has 1 aliphatic rings. The molecule has 4 aromatic carbocycles. The van der Waals surface area contributed by atoms with Crippen LogP contribution in [0.15, 0.2) is 97.3 Å². The monoisotopic (exact) mass is 478 g/mol. The maximum Gasteiger partial charge on any atom is 0.130 e. The third-order valence-corrected chi connectivity index (χ3v) is 6.81. The van der Waals surface area contributed by atoms with E-state index in [4.69, 9.17) is 4.74 Å². The zero-order chi connectivity index (χ0) is 25.1. The Hall–Kier alpha value is -4.05. The first-order valence-electron chi connectivity index (χ1n) is 12.3. The van der Waals surface area contributed by atoms with E-state index < -0.39 is 0 Å². The van der Waals surface area contributed by atoms with Gasteiger partial charge in [0.2, 0.25) is 0 Å². The quantitative estimate of drug-likeness (QED) is 0.294. The van der Waals surface area contributed by atoms with Crippen LogP contribution in [0, 0.1) is 19.7 Å². The van der Waals surface area contributed by atoms with Crippen LogP contribution in [-0.2, 0) is 26.0 Å². The van der Waals surface area contributed by atoms with Gasteiger partial charge in [-0.3, -0.25) is 0 Å². The van der Waals surface area contributed by atoms with Crippen molar-refractivity contribution in [3.05, 3.63) is 137 Å². The highest BCUT2D eigenvalue weighted by Crippen LogP contribution is 2.36. The molecular formula is C32H31FN2O. The number of fused-ring (bicyclic) bond motifs is 1. The van der Waals surface area contributed by atoms with Crippen LogP contribution in [0.1, 0.15) is 33.4 Å². The van der Waals surface area contributed by atoms with Gasteiger partial charge < -0.3 is 15.0 Å². The molecule has 0 bridgehead atoms. The maximum absolute atomic E-state index is 14.4. The van der Waals surface area contributed by atoms with Crippen LogP contribution >= 0.6 is 0 Å². The topological polar surface area (TPSA) is 24.5 Å². The number of hydrogen-bond donors (Lipinski definition) is 1. The average Bonchev–Trinajstić information content (AvgIpc) is 2.87. The van der Waals surface area contributed by atoms with Gasteiger partial charge in [0.05, 0.1) is 6.54 Å². The van der Waals surface area contributed by atoms with Crippen LogP contribution in [0.4, 0.5) is 15.8 Å². The number of halogens is 1. The fourth-order valence-electron chi connectivity index (χ4n) is 4.69. The van der Waals surface area contributed by atoms with E-state index in [1.807, 2.05) is 25.1 Å². The number of hydrogen-bond acceptors (Lipinski definition) is 3. The van der Waals surface area contributed by atoms with Gasteiger partial charge in [0.25, 0.3) is 0 Å². The van der Waals surface area contributed by atoms with Crippen molar-refractivity contribution in [3.8, 4) is 5.75 Å². The lowest BCUT2D eigenvalue weighted by atomic mass is 10.0. The molecule has 5 rings (SSSR count). The summed E-state index contributed by atoms with van der Waals surface area (Å²) in [6.07, 6.45) is 1.82. The summed E-state index contributed by atoms with van der Waals surface area (Å²) in [4.78, 5) is 2.21.